The zero-order chi connectivity index (χ0) is 17.5. The number of ether oxygens (including phenoxy) is 1. The third-order valence-corrected chi connectivity index (χ3v) is 4.07. The van der Waals surface area contributed by atoms with E-state index in [0.29, 0.717) is 31.6 Å². The van der Waals surface area contributed by atoms with E-state index in [4.69, 9.17) is 0 Å². The van der Waals surface area contributed by atoms with E-state index in [1.807, 2.05) is 0 Å². The minimum atomic E-state index is -4.85. The third kappa shape index (κ3) is 3.49. The summed E-state index contributed by atoms with van der Waals surface area (Å²) in [6, 6.07) is 1.23. The third-order valence-electron chi connectivity index (χ3n) is 4.07. The van der Waals surface area contributed by atoms with Crippen molar-refractivity contribution in [3.05, 3.63) is 33.4 Å². The van der Waals surface area contributed by atoms with Gasteiger partial charge in [-0.15, -0.1) is 12.4 Å². The number of H-pyrrole nitrogens is 1. The van der Waals surface area contributed by atoms with Crippen LogP contribution in [0, 0.1) is 0 Å². The van der Waals surface area contributed by atoms with Gasteiger partial charge in [0.05, 0.1) is 12.8 Å². The van der Waals surface area contributed by atoms with Gasteiger partial charge >= 0.3 is 12.1 Å². The van der Waals surface area contributed by atoms with E-state index in [-0.39, 0.29) is 24.0 Å². The molecule has 1 saturated heterocycles. The summed E-state index contributed by atoms with van der Waals surface area (Å²) in [4.78, 5) is 26.0. The first-order valence-corrected chi connectivity index (χ1v) is 7.35. The van der Waals surface area contributed by atoms with Crippen molar-refractivity contribution in [1.29, 1.82) is 0 Å². The molecule has 1 aliphatic rings. The fourth-order valence-electron chi connectivity index (χ4n) is 2.97. The van der Waals surface area contributed by atoms with Gasteiger partial charge in [0.1, 0.15) is 5.56 Å². The second-order valence-electron chi connectivity index (χ2n) is 5.56. The zero-order valence-corrected chi connectivity index (χ0v) is 14.0. The first-order valence-electron chi connectivity index (χ1n) is 7.35. The van der Waals surface area contributed by atoms with Crippen LogP contribution in [0.1, 0.15) is 40.5 Å². The zero-order valence-electron chi connectivity index (χ0n) is 13.1. The molecular weight excluding hydrogens is 365 g/mol. The van der Waals surface area contributed by atoms with Crippen LogP contribution in [0.5, 0.6) is 0 Å². The maximum absolute atomic E-state index is 13.3. The largest absolute Gasteiger partial charge is 0.465 e. The van der Waals surface area contributed by atoms with Gasteiger partial charge in [-0.05, 0) is 25.9 Å². The van der Waals surface area contributed by atoms with Crippen molar-refractivity contribution >= 4 is 24.0 Å². The molecule has 3 rings (SSSR count). The highest BCUT2D eigenvalue weighted by Gasteiger charge is 2.41. The average Bonchev–Trinajstić information content (AvgIpc) is 2.93. The van der Waals surface area contributed by atoms with E-state index in [0.717, 1.165) is 11.6 Å². The van der Waals surface area contributed by atoms with E-state index in [9.17, 15) is 22.8 Å². The second-order valence-corrected chi connectivity index (χ2v) is 5.56. The fraction of sp³-hybridized carbons (Fsp3) is 0.500. The second kappa shape index (κ2) is 7.04. The highest BCUT2D eigenvalue weighted by atomic mass is 35.5. The molecule has 0 spiro atoms. The van der Waals surface area contributed by atoms with E-state index >= 15 is 0 Å². The summed E-state index contributed by atoms with van der Waals surface area (Å²) in [6.07, 6.45) is -3.53. The smallest absolute Gasteiger partial charge is 0.436 e. The minimum absolute atomic E-state index is 0. The van der Waals surface area contributed by atoms with Gasteiger partial charge in [-0.3, -0.25) is 4.79 Å². The summed E-state index contributed by atoms with van der Waals surface area (Å²) >= 11 is 0. The van der Waals surface area contributed by atoms with Crippen molar-refractivity contribution in [3.63, 3.8) is 0 Å². The van der Waals surface area contributed by atoms with Gasteiger partial charge in [0.25, 0.3) is 5.56 Å². The number of halogens is 4. The fourth-order valence-corrected chi connectivity index (χ4v) is 2.97. The van der Waals surface area contributed by atoms with Crippen molar-refractivity contribution < 1.29 is 22.7 Å². The van der Waals surface area contributed by atoms with Gasteiger partial charge in [0.15, 0.2) is 11.3 Å². The van der Waals surface area contributed by atoms with Crippen molar-refractivity contribution in [2.24, 2.45) is 0 Å². The molecule has 0 unspecified atom stereocenters. The first kappa shape index (κ1) is 19.3. The van der Waals surface area contributed by atoms with Crippen molar-refractivity contribution in [1.82, 2.24) is 19.9 Å². The number of nitrogens with zero attached hydrogens (tertiary/aromatic N) is 2. The van der Waals surface area contributed by atoms with Crippen LogP contribution in [-0.2, 0) is 10.9 Å². The molecule has 138 valence electrons. The lowest BCUT2D eigenvalue weighted by Crippen LogP contribution is -2.28. The van der Waals surface area contributed by atoms with Crippen LogP contribution in [0.2, 0.25) is 0 Å². The summed E-state index contributed by atoms with van der Waals surface area (Å²) in [5.74, 6) is -1.32. The molecule has 0 atom stereocenters. The molecule has 0 saturated carbocycles. The summed E-state index contributed by atoms with van der Waals surface area (Å²) in [7, 11) is 0.973. The van der Waals surface area contributed by atoms with Crippen LogP contribution < -0.4 is 10.9 Å². The highest BCUT2D eigenvalue weighted by Crippen LogP contribution is 2.34. The van der Waals surface area contributed by atoms with E-state index < -0.39 is 29.0 Å². The normalized spacial score (nSPS) is 15.8. The maximum atomic E-state index is 13.3. The van der Waals surface area contributed by atoms with Gasteiger partial charge in [0.2, 0.25) is 0 Å². The lowest BCUT2D eigenvalue weighted by molar-refractivity contribution is -0.141. The number of fused-ring (bicyclic) bond motifs is 1. The highest BCUT2D eigenvalue weighted by molar-refractivity contribution is 5.97. The first-order chi connectivity index (χ1) is 11.3. The van der Waals surface area contributed by atoms with E-state index in [1.165, 1.54) is 6.07 Å². The number of nitrogens with one attached hydrogen (secondary N) is 2. The molecule has 0 aromatic carbocycles. The topological polar surface area (TPSA) is 88.5 Å². The van der Waals surface area contributed by atoms with Gasteiger partial charge in [-0.25, -0.2) is 9.31 Å². The molecule has 2 N–H and O–H groups in total. The Bertz CT molecular complexity index is 840. The van der Waals surface area contributed by atoms with Gasteiger partial charge < -0.3 is 15.0 Å². The summed E-state index contributed by atoms with van der Waals surface area (Å²) in [5.41, 5.74) is -2.68. The molecule has 11 heteroatoms. The summed E-state index contributed by atoms with van der Waals surface area (Å²) in [5, 5.41) is 6.72. The van der Waals surface area contributed by atoms with Crippen LogP contribution in [-0.4, -0.2) is 40.8 Å². The van der Waals surface area contributed by atoms with Gasteiger partial charge in [0, 0.05) is 12.0 Å². The van der Waals surface area contributed by atoms with E-state index in [1.54, 1.807) is 0 Å². The van der Waals surface area contributed by atoms with Crippen molar-refractivity contribution in [2.45, 2.75) is 24.9 Å². The molecule has 3 heterocycles. The molecule has 0 aliphatic carbocycles. The Morgan fingerprint density at radius 2 is 2.00 bits per heavy atom. The van der Waals surface area contributed by atoms with Crippen LogP contribution in [0.3, 0.4) is 0 Å². The van der Waals surface area contributed by atoms with Gasteiger partial charge in [-0.1, -0.05) is 0 Å². The predicted molar refractivity (Wildman–Crippen MR) is 84.2 cm³/mol. The van der Waals surface area contributed by atoms with E-state index in [2.05, 4.69) is 20.1 Å². The predicted octanol–water partition coefficient (Wildman–Crippen LogP) is 1.72. The number of aromatic amines is 1. The number of hydrogen-bond donors (Lipinski definition) is 2. The molecule has 1 aliphatic heterocycles. The summed E-state index contributed by atoms with van der Waals surface area (Å²) < 4.78 is 45.3. The quantitative estimate of drug-likeness (QED) is 0.774. The number of carbonyl (C=O) groups excluding carboxylic acids is 1. The van der Waals surface area contributed by atoms with Crippen LogP contribution in [0.15, 0.2) is 10.9 Å². The molecule has 2 aromatic rings. The Morgan fingerprint density at radius 1 is 1.36 bits per heavy atom. The minimum Gasteiger partial charge on any atom is -0.465 e. The van der Waals surface area contributed by atoms with Crippen molar-refractivity contribution in [3.8, 4) is 0 Å². The number of hydrogen-bond acceptors (Lipinski definition) is 5. The molecule has 25 heavy (non-hydrogen) atoms. The summed E-state index contributed by atoms with van der Waals surface area (Å²) in [6.45, 7) is 1.38. The molecule has 0 amide bonds. The Morgan fingerprint density at radius 3 is 2.56 bits per heavy atom. The molecule has 0 bridgehead atoms. The Kier molecular flexibility index (Phi) is 5.43. The van der Waals surface area contributed by atoms with Crippen LogP contribution in [0.4, 0.5) is 13.2 Å². The molecular formula is C14H16ClF3N4O3. The number of aromatic nitrogens is 3. The molecule has 1 fully saturated rings. The Balaban J connectivity index is 0.00000225. The number of esters is 1. The lowest BCUT2D eigenvalue weighted by atomic mass is 9.94. The number of alkyl halides is 3. The number of carbonyl (C=O) groups is 1. The SMILES string of the molecule is COC(=O)c1c(C(F)(F)F)nn2c(C3CCNCC3)cc(=O)[nH]c12.Cl. The number of rotatable bonds is 2. The van der Waals surface area contributed by atoms with Crippen molar-refractivity contribution in [2.75, 3.05) is 20.2 Å². The average molecular weight is 381 g/mol. The lowest BCUT2D eigenvalue weighted by Gasteiger charge is -2.23. The number of piperidine rings is 1. The molecule has 7 nitrogen and oxygen atoms in total. The standard InChI is InChI=1S/C14H15F3N4O3.ClH/c1-24-13(23)10-11(14(15,16)17)20-21-8(6-9(22)19-12(10)21)7-2-4-18-5-3-7;/h6-7,18H,2-5H2,1H3,(H,19,22);1H. The van der Waals surface area contributed by atoms with Crippen LogP contribution in [0.25, 0.3) is 5.65 Å². The number of methoxy groups -OCH3 is 1. The van der Waals surface area contributed by atoms with Crippen LogP contribution >= 0.6 is 12.4 Å². The Hall–Kier alpha value is -2.07. The molecule has 2 aromatic heterocycles. The van der Waals surface area contributed by atoms with Gasteiger partial charge in [-0.2, -0.15) is 18.3 Å². The Labute approximate surface area is 146 Å². The monoisotopic (exact) mass is 380 g/mol. The maximum Gasteiger partial charge on any atom is 0.436 e. The molecule has 0 radical (unpaired) electrons.